The van der Waals surface area contributed by atoms with Gasteiger partial charge in [-0.3, -0.25) is 0 Å². The van der Waals surface area contributed by atoms with Crippen LogP contribution >= 0.6 is 0 Å². The van der Waals surface area contributed by atoms with Gasteiger partial charge >= 0.3 is 0 Å². The monoisotopic (exact) mass is 279 g/mol. The van der Waals surface area contributed by atoms with E-state index in [1.54, 1.807) is 0 Å². The van der Waals surface area contributed by atoms with Gasteiger partial charge < -0.3 is 5.32 Å². The van der Waals surface area contributed by atoms with Crippen LogP contribution in [0, 0.1) is 11.8 Å². The maximum atomic E-state index is 3.83. The van der Waals surface area contributed by atoms with Crippen molar-refractivity contribution < 1.29 is 0 Å². The smallest absolute Gasteiger partial charge is 0.0422 e. The first-order valence-electron chi connectivity index (χ1n) is 8.16. The predicted octanol–water partition coefficient (Wildman–Crippen LogP) is 5.59. The van der Waals surface area contributed by atoms with Crippen molar-refractivity contribution in [3.8, 4) is 11.1 Å². The molecule has 1 fully saturated rings. The van der Waals surface area contributed by atoms with Gasteiger partial charge in [-0.2, -0.15) is 0 Å². The molecule has 3 rings (SSSR count). The molecule has 1 N–H and O–H groups in total. The molecule has 1 saturated carbocycles. The number of para-hydroxylation sites is 1. The quantitative estimate of drug-likeness (QED) is 0.772. The Labute approximate surface area is 128 Å². The summed E-state index contributed by atoms with van der Waals surface area (Å²) in [6.45, 7) is 4.79. The Morgan fingerprint density at radius 3 is 2.38 bits per heavy atom. The summed E-state index contributed by atoms with van der Waals surface area (Å²) >= 11 is 0. The van der Waals surface area contributed by atoms with E-state index in [1.807, 2.05) is 0 Å². The van der Waals surface area contributed by atoms with E-state index in [0.717, 1.165) is 11.8 Å². The fourth-order valence-electron chi connectivity index (χ4n) is 3.46. The normalized spacial score (nSPS) is 25.5. The zero-order chi connectivity index (χ0) is 14.7. The van der Waals surface area contributed by atoms with Gasteiger partial charge in [0.15, 0.2) is 0 Å². The Hall–Kier alpha value is -1.76. The highest BCUT2D eigenvalue weighted by Gasteiger charge is 2.27. The summed E-state index contributed by atoms with van der Waals surface area (Å²) in [5, 5.41) is 3.83. The minimum absolute atomic E-state index is 0.596. The van der Waals surface area contributed by atoms with Gasteiger partial charge in [0, 0.05) is 17.3 Å². The summed E-state index contributed by atoms with van der Waals surface area (Å²) in [5.74, 6) is 1.56. The Morgan fingerprint density at radius 2 is 1.57 bits per heavy atom. The summed E-state index contributed by atoms with van der Waals surface area (Å²) < 4.78 is 0. The van der Waals surface area contributed by atoms with Crippen LogP contribution in [0.4, 0.5) is 5.69 Å². The molecule has 1 aliphatic carbocycles. The lowest BCUT2D eigenvalue weighted by molar-refractivity contribution is 0.253. The van der Waals surface area contributed by atoms with Crippen LogP contribution in [-0.4, -0.2) is 6.04 Å². The lowest BCUT2D eigenvalue weighted by atomic mass is 9.78. The Balaban J connectivity index is 1.86. The zero-order valence-electron chi connectivity index (χ0n) is 13.0. The van der Waals surface area contributed by atoms with Gasteiger partial charge in [-0.05, 0) is 29.9 Å². The van der Waals surface area contributed by atoms with Crippen LogP contribution < -0.4 is 5.32 Å². The summed E-state index contributed by atoms with van der Waals surface area (Å²) in [6, 6.07) is 20.0. The van der Waals surface area contributed by atoms with E-state index < -0.39 is 0 Å². The summed E-state index contributed by atoms with van der Waals surface area (Å²) in [6.07, 6.45) is 4.00. The van der Waals surface area contributed by atoms with Crippen molar-refractivity contribution in [1.29, 1.82) is 0 Å². The van der Waals surface area contributed by atoms with E-state index in [0.29, 0.717) is 6.04 Å². The minimum atomic E-state index is 0.596. The zero-order valence-corrected chi connectivity index (χ0v) is 13.0. The molecule has 0 bridgehead atoms. The molecular weight excluding hydrogens is 254 g/mol. The first kappa shape index (κ1) is 14.2. The fraction of sp³-hybridized carbons (Fsp3) is 0.400. The first-order chi connectivity index (χ1) is 10.3. The second kappa shape index (κ2) is 6.34. The standard InChI is InChI=1S/C20H25N/c1-15-9-8-14-19(16(15)2)21-20-13-7-6-12-18(20)17-10-4-3-5-11-17/h3-7,10-13,15-16,19,21H,8-9,14H2,1-2H3. The van der Waals surface area contributed by atoms with Crippen LogP contribution in [0.3, 0.4) is 0 Å². The highest BCUT2D eigenvalue weighted by molar-refractivity contribution is 5.77. The molecule has 2 aromatic rings. The SMILES string of the molecule is CC1CCCC(Nc2ccccc2-c2ccccc2)C1C. The Morgan fingerprint density at radius 1 is 0.857 bits per heavy atom. The number of hydrogen-bond acceptors (Lipinski definition) is 1. The highest BCUT2D eigenvalue weighted by Crippen LogP contribution is 2.34. The van der Waals surface area contributed by atoms with Crippen LogP contribution in [0.1, 0.15) is 33.1 Å². The van der Waals surface area contributed by atoms with Crippen LogP contribution in [0.25, 0.3) is 11.1 Å². The molecule has 1 nitrogen and oxygen atoms in total. The second-order valence-electron chi connectivity index (χ2n) is 6.43. The lowest BCUT2D eigenvalue weighted by Crippen LogP contribution is -2.35. The topological polar surface area (TPSA) is 12.0 Å². The molecule has 1 aliphatic rings. The maximum Gasteiger partial charge on any atom is 0.0422 e. The van der Waals surface area contributed by atoms with Crippen LogP contribution in [-0.2, 0) is 0 Å². The van der Waals surface area contributed by atoms with Crippen molar-refractivity contribution in [2.45, 2.75) is 39.2 Å². The fourth-order valence-corrected chi connectivity index (χ4v) is 3.46. The van der Waals surface area contributed by atoms with Crippen LogP contribution in [0.15, 0.2) is 54.6 Å². The molecule has 3 atom stereocenters. The number of rotatable bonds is 3. The Kier molecular flexibility index (Phi) is 4.28. The van der Waals surface area contributed by atoms with Crippen LogP contribution in [0.5, 0.6) is 0 Å². The largest absolute Gasteiger partial charge is 0.382 e. The van der Waals surface area contributed by atoms with Crippen molar-refractivity contribution >= 4 is 5.69 Å². The molecule has 0 spiro atoms. The van der Waals surface area contributed by atoms with E-state index in [9.17, 15) is 0 Å². The van der Waals surface area contributed by atoms with Crippen LogP contribution in [0.2, 0.25) is 0 Å². The number of benzene rings is 2. The molecule has 0 heterocycles. The number of nitrogens with one attached hydrogen (secondary N) is 1. The molecular formula is C20H25N. The average molecular weight is 279 g/mol. The van der Waals surface area contributed by atoms with E-state index in [4.69, 9.17) is 0 Å². The number of anilines is 1. The summed E-state index contributed by atoms with van der Waals surface area (Å²) in [7, 11) is 0. The number of hydrogen-bond donors (Lipinski definition) is 1. The van der Waals surface area contributed by atoms with Crippen molar-refractivity contribution in [3.63, 3.8) is 0 Å². The maximum absolute atomic E-state index is 3.83. The third-order valence-corrected chi connectivity index (χ3v) is 5.06. The molecule has 110 valence electrons. The van der Waals surface area contributed by atoms with E-state index >= 15 is 0 Å². The molecule has 0 aromatic heterocycles. The minimum Gasteiger partial charge on any atom is -0.382 e. The Bertz CT molecular complexity index is 575. The van der Waals surface area contributed by atoms with Gasteiger partial charge in [-0.25, -0.2) is 0 Å². The van der Waals surface area contributed by atoms with E-state index in [2.05, 4.69) is 73.8 Å². The van der Waals surface area contributed by atoms with E-state index in [-0.39, 0.29) is 0 Å². The van der Waals surface area contributed by atoms with Gasteiger partial charge in [0.25, 0.3) is 0 Å². The molecule has 2 aromatic carbocycles. The molecule has 0 radical (unpaired) electrons. The molecule has 3 unspecified atom stereocenters. The molecule has 0 amide bonds. The highest BCUT2D eigenvalue weighted by atomic mass is 14.9. The van der Waals surface area contributed by atoms with Crippen molar-refractivity contribution in [1.82, 2.24) is 0 Å². The van der Waals surface area contributed by atoms with Gasteiger partial charge in [0.05, 0.1) is 0 Å². The molecule has 0 saturated heterocycles. The molecule has 1 heteroatoms. The molecule has 21 heavy (non-hydrogen) atoms. The predicted molar refractivity (Wildman–Crippen MR) is 91.5 cm³/mol. The third-order valence-electron chi connectivity index (χ3n) is 5.06. The summed E-state index contributed by atoms with van der Waals surface area (Å²) in [5.41, 5.74) is 3.87. The van der Waals surface area contributed by atoms with Gasteiger partial charge in [0.2, 0.25) is 0 Å². The van der Waals surface area contributed by atoms with Crippen molar-refractivity contribution in [3.05, 3.63) is 54.6 Å². The summed E-state index contributed by atoms with van der Waals surface area (Å²) in [4.78, 5) is 0. The van der Waals surface area contributed by atoms with Crippen molar-refractivity contribution in [2.24, 2.45) is 11.8 Å². The van der Waals surface area contributed by atoms with Crippen molar-refractivity contribution in [2.75, 3.05) is 5.32 Å². The van der Waals surface area contributed by atoms with Gasteiger partial charge in [0.1, 0.15) is 0 Å². The molecule has 0 aliphatic heterocycles. The van der Waals surface area contributed by atoms with E-state index in [1.165, 1.54) is 36.1 Å². The second-order valence-corrected chi connectivity index (χ2v) is 6.43. The lowest BCUT2D eigenvalue weighted by Gasteiger charge is -2.35. The first-order valence-corrected chi connectivity index (χ1v) is 8.16. The van der Waals surface area contributed by atoms with Gasteiger partial charge in [-0.15, -0.1) is 0 Å². The average Bonchev–Trinajstić information content (AvgIpc) is 2.53. The van der Waals surface area contributed by atoms with Gasteiger partial charge in [-0.1, -0.05) is 75.2 Å². The third kappa shape index (κ3) is 3.12.